The molecule has 1 aromatic rings. The average Bonchev–Trinajstić information content (AvgIpc) is 2.25. The van der Waals surface area contributed by atoms with Crippen molar-refractivity contribution in [3.05, 3.63) is 29.8 Å². The predicted octanol–water partition coefficient (Wildman–Crippen LogP) is 2.07. The maximum absolute atomic E-state index is 5.94. The molecule has 64 valence electrons. The van der Waals surface area contributed by atoms with Gasteiger partial charge in [0.2, 0.25) is 0 Å². The van der Waals surface area contributed by atoms with Gasteiger partial charge in [-0.25, -0.2) is 4.42 Å². The molecule has 0 saturated heterocycles. The summed E-state index contributed by atoms with van der Waals surface area (Å²) in [5.41, 5.74) is 2.48. The molecule has 1 heterocycles. The van der Waals surface area contributed by atoms with Crippen LogP contribution >= 0.6 is 11.8 Å². The Kier molecular flexibility index (Phi) is 2.19. The number of halogens is 1. The van der Waals surface area contributed by atoms with Crippen LogP contribution < -0.4 is 5.32 Å². The third-order valence-electron chi connectivity index (χ3n) is 2.03. The Balaban J connectivity index is 2.31. The number of para-hydroxylation sites is 1. The Bertz CT molecular complexity index is 275. The molecule has 0 aliphatic carbocycles. The van der Waals surface area contributed by atoms with Crippen molar-refractivity contribution in [1.29, 1.82) is 0 Å². The lowest BCUT2D eigenvalue weighted by Crippen LogP contribution is -2.15. The largest absolute Gasteiger partial charge is 0.383 e. The molecule has 2 nitrogen and oxygen atoms in total. The molecule has 0 unspecified atom stereocenters. The van der Waals surface area contributed by atoms with Crippen LogP contribution in [0.15, 0.2) is 24.3 Å². The fraction of sp³-hybridized carbons (Fsp3) is 0.333. The highest BCUT2D eigenvalue weighted by Gasteiger charge is 2.10. The zero-order valence-corrected chi connectivity index (χ0v) is 7.51. The quantitative estimate of drug-likeness (QED) is 0.618. The highest BCUT2D eigenvalue weighted by molar-refractivity contribution is 6.13. The van der Waals surface area contributed by atoms with Crippen molar-refractivity contribution in [1.82, 2.24) is 4.42 Å². The first-order valence-electron chi connectivity index (χ1n) is 4.09. The van der Waals surface area contributed by atoms with Crippen LogP contribution in [0, 0.1) is 0 Å². The molecule has 0 saturated carbocycles. The number of fused-ring (bicyclic) bond motifs is 1. The molecular weight excluding hydrogens is 172 g/mol. The van der Waals surface area contributed by atoms with Gasteiger partial charge in [-0.05, 0) is 23.4 Å². The Morgan fingerprint density at radius 1 is 1.33 bits per heavy atom. The van der Waals surface area contributed by atoms with Gasteiger partial charge in [-0.1, -0.05) is 18.2 Å². The lowest BCUT2D eigenvalue weighted by molar-refractivity contribution is 0.475. The Morgan fingerprint density at radius 2 is 2.17 bits per heavy atom. The van der Waals surface area contributed by atoms with Crippen molar-refractivity contribution in [3.63, 3.8) is 0 Å². The van der Waals surface area contributed by atoms with Crippen LogP contribution in [-0.2, 0) is 6.54 Å². The van der Waals surface area contributed by atoms with E-state index in [1.807, 2.05) is 12.1 Å². The van der Waals surface area contributed by atoms with E-state index in [0.29, 0.717) is 0 Å². The molecule has 0 spiro atoms. The van der Waals surface area contributed by atoms with E-state index in [4.69, 9.17) is 11.8 Å². The Labute approximate surface area is 77.2 Å². The van der Waals surface area contributed by atoms with Gasteiger partial charge in [0, 0.05) is 25.3 Å². The third kappa shape index (κ3) is 1.54. The summed E-state index contributed by atoms with van der Waals surface area (Å²) >= 11 is 5.94. The second-order valence-corrected chi connectivity index (χ2v) is 3.41. The monoisotopic (exact) mass is 182 g/mol. The molecule has 0 aromatic heterocycles. The Morgan fingerprint density at radius 3 is 3.08 bits per heavy atom. The molecule has 0 radical (unpaired) electrons. The first-order chi connectivity index (χ1) is 5.86. The van der Waals surface area contributed by atoms with Gasteiger partial charge in [0.05, 0.1) is 0 Å². The molecule has 0 bridgehead atoms. The maximum Gasteiger partial charge on any atom is 0.0411 e. The molecule has 1 aromatic carbocycles. The summed E-state index contributed by atoms with van der Waals surface area (Å²) in [5, 5.41) is 3.33. The summed E-state index contributed by atoms with van der Waals surface area (Å²) in [4.78, 5) is 0. The Hall–Kier alpha value is -0.730. The van der Waals surface area contributed by atoms with Crippen molar-refractivity contribution in [3.8, 4) is 0 Å². The molecular formula is C9H11ClN2. The van der Waals surface area contributed by atoms with Crippen LogP contribution in [0.25, 0.3) is 0 Å². The highest BCUT2D eigenvalue weighted by atomic mass is 35.5. The topological polar surface area (TPSA) is 15.3 Å². The third-order valence-corrected chi connectivity index (χ3v) is 2.32. The second-order valence-electron chi connectivity index (χ2n) is 2.93. The lowest BCUT2D eigenvalue weighted by Gasteiger charge is -2.08. The molecule has 0 fully saturated rings. The van der Waals surface area contributed by atoms with Crippen molar-refractivity contribution < 1.29 is 0 Å². The number of hydrogen-bond acceptors (Lipinski definition) is 2. The smallest absolute Gasteiger partial charge is 0.0411 e. The van der Waals surface area contributed by atoms with Crippen molar-refractivity contribution in [2.24, 2.45) is 0 Å². The predicted molar refractivity (Wildman–Crippen MR) is 51.2 cm³/mol. The van der Waals surface area contributed by atoms with Crippen molar-refractivity contribution in [2.75, 3.05) is 18.4 Å². The normalized spacial score (nSPS) is 17.8. The maximum atomic E-state index is 5.94. The van der Waals surface area contributed by atoms with Gasteiger partial charge in [-0.2, -0.15) is 0 Å². The zero-order valence-electron chi connectivity index (χ0n) is 6.76. The first kappa shape index (κ1) is 7.90. The number of rotatable bonds is 0. The van der Waals surface area contributed by atoms with Gasteiger partial charge in [-0.15, -0.1) is 0 Å². The number of anilines is 1. The van der Waals surface area contributed by atoms with Crippen LogP contribution in [0.4, 0.5) is 5.69 Å². The summed E-state index contributed by atoms with van der Waals surface area (Å²) in [6.07, 6.45) is 0. The zero-order chi connectivity index (χ0) is 8.39. The van der Waals surface area contributed by atoms with Crippen LogP contribution in [0.3, 0.4) is 0 Å². The molecule has 3 heteroatoms. The minimum atomic E-state index is 0.824. The summed E-state index contributed by atoms with van der Waals surface area (Å²) in [7, 11) is 0. The van der Waals surface area contributed by atoms with Crippen LogP contribution in [-0.4, -0.2) is 17.5 Å². The van der Waals surface area contributed by atoms with E-state index in [0.717, 1.165) is 19.6 Å². The van der Waals surface area contributed by atoms with Crippen LogP contribution in [0.2, 0.25) is 0 Å². The van der Waals surface area contributed by atoms with E-state index in [2.05, 4.69) is 17.4 Å². The fourth-order valence-corrected chi connectivity index (χ4v) is 1.62. The molecule has 1 aliphatic rings. The summed E-state index contributed by atoms with van der Waals surface area (Å²) in [6.45, 7) is 2.63. The van der Waals surface area contributed by atoms with Gasteiger partial charge in [0.1, 0.15) is 0 Å². The summed E-state index contributed by atoms with van der Waals surface area (Å²) < 4.78 is 1.80. The minimum absolute atomic E-state index is 0.824. The average molecular weight is 183 g/mol. The standard InChI is InChI=1S/C9H11ClN2/c10-12-6-5-11-9-4-2-1-3-8(9)7-12/h1-4,11H,5-7H2. The van der Waals surface area contributed by atoms with Crippen molar-refractivity contribution in [2.45, 2.75) is 6.54 Å². The van der Waals surface area contributed by atoms with E-state index in [9.17, 15) is 0 Å². The summed E-state index contributed by atoms with van der Waals surface area (Å²) in [5.74, 6) is 0. The molecule has 12 heavy (non-hydrogen) atoms. The number of benzene rings is 1. The van der Waals surface area contributed by atoms with Gasteiger partial charge in [0.15, 0.2) is 0 Å². The van der Waals surface area contributed by atoms with Gasteiger partial charge < -0.3 is 5.32 Å². The van der Waals surface area contributed by atoms with E-state index >= 15 is 0 Å². The van der Waals surface area contributed by atoms with Gasteiger partial charge >= 0.3 is 0 Å². The van der Waals surface area contributed by atoms with E-state index in [1.54, 1.807) is 4.42 Å². The van der Waals surface area contributed by atoms with Crippen LogP contribution in [0.1, 0.15) is 5.56 Å². The van der Waals surface area contributed by atoms with Crippen molar-refractivity contribution >= 4 is 17.5 Å². The number of nitrogens with one attached hydrogen (secondary N) is 1. The van der Waals surface area contributed by atoms with Crippen LogP contribution in [0.5, 0.6) is 0 Å². The fourth-order valence-electron chi connectivity index (χ4n) is 1.41. The van der Waals surface area contributed by atoms with E-state index < -0.39 is 0 Å². The molecule has 1 aliphatic heterocycles. The lowest BCUT2D eigenvalue weighted by atomic mass is 10.2. The van der Waals surface area contributed by atoms with Gasteiger partial charge in [-0.3, -0.25) is 0 Å². The molecule has 0 atom stereocenters. The number of nitrogens with zero attached hydrogens (tertiary/aromatic N) is 1. The highest BCUT2D eigenvalue weighted by Crippen LogP contribution is 2.20. The minimum Gasteiger partial charge on any atom is -0.383 e. The summed E-state index contributed by atoms with van der Waals surface area (Å²) in [6, 6.07) is 8.26. The van der Waals surface area contributed by atoms with E-state index in [1.165, 1.54) is 11.3 Å². The molecule has 2 rings (SSSR count). The SMILES string of the molecule is ClN1CCNc2ccccc2C1. The molecule has 1 N–H and O–H groups in total. The first-order valence-corrected chi connectivity index (χ1v) is 4.42. The second kappa shape index (κ2) is 3.33. The molecule has 0 amide bonds. The van der Waals surface area contributed by atoms with Gasteiger partial charge in [0.25, 0.3) is 0 Å². The number of hydrogen-bond donors (Lipinski definition) is 1. The van der Waals surface area contributed by atoms with E-state index in [-0.39, 0.29) is 0 Å².